The zero-order valence-electron chi connectivity index (χ0n) is 10.4. The zero-order valence-corrected chi connectivity index (χ0v) is 10.4. The molecule has 90 valence electrons. The number of hydrogen-bond donors (Lipinski definition) is 0. The summed E-state index contributed by atoms with van der Waals surface area (Å²) in [7, 11) is 2.19. The molecule has 1 saturated heterocycles. The van der Waals surface area contributed by atoms with E-state index in [9.17, 15) is 0 Å². The van der Waals surface area contributed by atoms with E-state index in [1.165, 1.54) is 31.6 Å². The van der Waals surface area contributed by atoms with Crippen molar-refractivity contribution in [3.8, 4) is 0 Å². The number of fused-ring (bicyclic) bond motifs is 1. The van der Waals surface area contributed by atoms with Gasteiger partial charge in [0.2, 0.25) is 0 Å². The van der Waals surface area contributed by atoms with Crippen LogP contribution in [0.15, 0.2) is 18.3 Å². The Morgan fingerprint density at radius 1 is 1.24 bits per heavy atom. The SMILES string of the molecule is Cc1cn2nc(C3CCN(C)CC3)ccc2n1. The fraction of sp³-hybridized carbons (Fsp3) is 0.538. The topological polar surface area (TPSA) is 33.4 Å². The van der Waals surface area contributed by atoms with Gasteiger partial charge in [-0.15, -0.1) is 0 Å². The molecular formula is C13H18N4. The summed E-state index contributed by atoms with van der Waals surface area (Å²) in [5.41, 5.74) is 3.18. The van der Waals surface area contributed by atoms with Crippen LogP contribution in [-0.4, -0.2) is 39.6 Å². The van der Waals surface area contributed by atoms with Crippen molar-refractivity contribution in [2.24, 2.45) is 0 Å². The zero-order chi connectivity index (χ0) is 11.8. The smallest absolute Gasteiger partial charge is 0.153 e. The van der Waals surface area contributed by atoms with Crippen LogP contribution in [0.2, 0.25) is 0 Å². The second-order valence-corrected chi connectivity index (χ2v) is 5.02. The van der Waals surface area contributed by atoms with Crippen LogP contribution in [-0.2, 0) is 0 Å². The Bertz CT molecular complexity index is 523. The number of aryl methyl sites for hydroxylation is 1. The Hall–Kier alpha value is -1.42. The lowest BCUT2D eigenvalue weighted by atomic mass is 9.94. The van der Waals surface area contributed by atoms with Gasteiger partial charge in [0, 0.05) is 5.92 Å². The predicted molar refractivity (Wildman–Crippen MR) is 67.2 cm³/mol. The van der Waals surface area contributed by atoms with Crippen molar-refractivity contribution in [3.05, 3.63) is 29.7 Å². The first kappa shape index (κ1) is 10.7. The van der Waals surface area contributed by atoms with E-state index in [1.807, 2.05) is 17.6 Å². The quantitative estimate of drug-likeness (QED) is 0.749. The highest BCUT2D eigenvalue weighted by Crippen LogP contribution is 2.25. The normalized spacial score (nSPS) is 18.9. The average molecular weight is 230 g/mol. The van der Waals surface area contributed by atoms with Crippen molar-refractivity contribution < 1.29 is 0 Å². The van der Waals surface area contributed by atoms with Gasteiger partial charge < -0.3 is 4.90 Å². The number of piperidine rings is 1. The fourth-order valence-corrected chi connectivity index (χ4v) is 2.54. The van der Waals surface area contributed by atoms with Crippen LogP contribution in [0.3, 0.4) is 0 Å². The van der Waals surface area contributed by atoms with Gasteiger partial charge in [-0.05, 0) is 52.0 Å². The Morgan fingerprint density at radius 3 is 2.76 bits per heavy atom. The molecule has 0 aromatic carbocycles. The maximum Gasteiger partial charge on any atom is 0.153 e. The van der Waals surface area contributed by atoms with Crippen LogP contribution in [0.25, 0.3) is 5.65 Å². The largest absolute Gasteiger partial charge is 0.306 e. The van der Waals surface area contributed by atoms with E-state index in [2.05, 4.69) is 34.2 Å². The molecule has 0 aliphatic carbocycles. The third-order valence-electron chi connectivity index (χ3n) is 3.60. The van der Waals surface area contributed by atoms with Crippen molar-refractivity contribution in [2.75, 3.05) is 20.1 Å². The third-order valence-corrected chi connectivity index (χ3v) is 3.60. The van der Waals surface area contributed by atoms with E-state index in [0.29, 0.717) is 5.92 Å². The van der Waals surface area contributed by atoms with Crippen LogP contribution < -0.4 is 0 Å². The molecule has 0 spiro atoms. The molecule has 0 radical (unpaired) electrons. The van der Waals surface area contributed by atoms with Gasteiger partial charge in [0.15, 0.2) is 5.65 Å². The number of hydrogen-bond acceptors (Lipinski definition) is 3. The monoisotopic (exact) mass is 230 g/mol. The molecule has 2 aromatic heterocycles. The van der Waals surface area contributed by atoms with E-state index >= 15 is 0 Å². The second-order valence-electron chi connectivity index (χ2n) is 5.02. The van der Waals surface area contributed by atoms with Gasteiger partial charge in [-0.1, -0.05) is 0 Å². The first-order valence-electron chi connectivity index (χ1n) is 6.24. The van der Waals surface area contributed by atoms with Crippen molar-refractivity contribution in [3.63, 3.8) is 0 Å². The molecule has 4 heteroatoms. The lowest BCUT2D eigenvalue weighted by molar-refractivity contribution is 0.252. The van der Waals surface area contributed by atoms with Crippen LogP contribution in [0.5, 0.6) is 0 Å². The summed E-state index contributed by atoms with van der Waals surface area (Å²) in [5.74, 6) is 0.610. The minimum absolute atomic E-state index is 0.610. The summed E-state index contributed by atoms with van der Waals surface area (Å²) in [6.45, 7) is 4.35. The average Bonchev–Trinajstić information content (AvgIpc) is 2.69. The van der Waals surface area contributed by atoms with E-state index in [1.54, 1.807) is 0 Å². The van der Waals surface area contributed by atoms with E-state index < -0.39 is 0 Å². The molecule has 1 aliphatic rings. The Morgan fingerprint density at radius 2 is 2.00 bits per heavy atom. The van der Waals surface area contributed by atoms with Gasteiger partial charge in [-0.2, -0.15) is 5.10 Å². The molecule has 4 nitrogen and oxygen atoms in total. The van der Waals surface area contributed by atoms with Crippen molar-refractivity contribution in [1.82, 2.24) is 19.5 Å². The second kappa shape index (κ2) is 4.11. The highest BCUT2D eigenvalue weighted by atomic mass is 15.2. The molecular weight excluding hydrogens is 212 g/mol. The van der Waals surface area contributed by atoms with Gasteiger partial charge in [-0.3, -0.25) is 0 Å². The van der Waals surface area contributed by atoms with Gasteiger partial charge in [-0.25, -0.2) is 9.50 Å². The highest BCUT2D eigenvalue weighted by Gasteiger charge is 2.19. The van der Waals surface area contributed by atoms with E-state index in [-0.39, 0.29) is 0 Å². The molecule has 1 fully saturated rings. The highest BCUT2D eigenvalue weighted by molar-refractivity contribution is 5.38. The minimum atomic E-state index is 0.610. The summed E-state index contributed by atoms with van der Waals surface area (Å²) >= 11 is 0. The number of imidazole rings is 1. The van der Waals surface area contributed by atoms with Crippen molar-refractivity contribution in [2.45, 2.75) is 25.7 Å². The Kier molecular flexibility index (Phi) is 2.59. The van der Waals surface area contributed by atoms with E-state index in [4.69, 9.17) is 0 Å². The summed E-state index contributed by atoms with van der Waals surface area (Å²) in [4.78, 5) is 6.79. The molecule has 3 heterocycles. The first-order chi connectivity index (χ1) is 8.22. The standard InChI is InChI=1S/C13H18N4/c1-10-9-17-13(14-10)4-3-12(15-17)11-5-7-16(2)8-6-11/h3-4,9,11H,5-8H2,1-2H3. The van der Waals surface area contributed by atoms with Crippen LogP contribution >= 0.6 is 0 Å². The summed E-state index contributed by atoms with van der Waals surface area (Å²) in [5, 5.41) is 4.68. The molecule has 0 saturated carbocycles. The Balaban J connectivity index is 1.89. The van der Waals surface area contributed by atoms with Gasteiger partial charge in [0.05, 0.1) is 17.6 Å². The van der Waals surface area contributed by atoms with Crippen LogP contribution in [0.4, 0.5) is 0 Å². The lowest BCUT2D eigenvalue weighted by Gasteiger charge is -2.28. The van der Waals surface area contributed by atoms with Gasteiger partial charge in [0.1, 0.15) is 0 Å². The van der Waals surface area contributed by atoms with Crippen molar-refractivity contribution in [1.29, 1.82) is 0 Å². The molecule has 1 aliphatic heterocycles. The molecule has 0 N–H and O–H groups in total. The molecule has 2 aromatic rings. The van der Waals surface area contributed by atoms with Gasteiger partial charge in [0.25, 0.3) is 0 Å². The summed E-state index contributed by atoms with van der Waals surface area (Å²) in [6, 6.07) is 4.21. The number of rotatable bonds is 1. The molecule has 3 rings (SSSR count). The number of likely N-dealkylation sites (tertiary alicyclic amines) is 1. The minimum Gasteiger partial charge on any atom is -0.306 e. The van der Waals surface area contributed by atoms with E-state index in [0.717, 1.165) is 11.3 Å². The molecule has 0 amide bonds. The number of nitrogens with zero attached hydrogens (tertiary/aromatic N) is 4. The fourth-order valence-electron chi connectivity index (χ4n) is 2.54. The van der Waals surface area contributed by atoms with Crippen LogP contribution in [0, 0.1) is 6.92 Å². The Labute approximate surface area is 101 Å². The first-order valence-corrected chi connectivity index (χ1v) is 6.24. The summed E-state index contributed by atoms with van der Waals surface area (Å²) < 4.78 is 1.91. The lowest BCUT2D eigenvalue weighted by Crippen LogP contribution is -2.29. The maximum atomic E-state index is 4.68. The summed E-state index contributed by atoms with van der Waals surface area (Å²) in [6.07, 6.45) is 4.42. The molecule has 0 unspecified atom stereocenters. The third kappa shape index (κ3) is 2.05. The molecule has 0 bridgehead atoms. The van der Waals surface area contributed by atoms with Crippen LogP contribution in [0.1, 0.15) is 30.1 Å². The predicted octanol–water partition coefficient (Wildman–Crippen LogP) is 1.85. The molecule has 17 heavy (non-hydrogen) atoms. The maximum absolute atomic E-state index is 4.68. The molecule has 0 atom stereocenters. The van der Waals surface area contributed by atoms with Gasteiger partial charge >= 0.3 is 0 Å². The number of aromatic nitrogens is 3. The van der Waals surface area contributed by atoms with Crippen molar-refractivity contribution >= 4 is 5.65 Å².